The summed E-state index contributed by atoms with van der Waals surface area (Å²) < 4.78 is 10.5. The van der Waals surface area contributed by atoms with Crippen molar-refractivity contribution in [2.45, 2.75) is 75.4 Å². The molecule has 3 aromatic rings. The van der Waals surface area contributed by atoms with Gasteiger partial charge in [-0.2, -0.15) is 0 Å². The van der Waals surface area contributed by atoms with Crippen LogP contribution >= 0.6 is 0 Å². The Balaban J connectivity index is 0.849. The van der Waals surface area contributed by atoms with Crippen LogP contribution in [0.15, 0.2) is 65.9 Å². The lowest BCUT2D eigenvalue weighted by atomic mass is 9.90. The Labute approximate surface area is 281 Å². The number of aromatic nitrogens is 2. The largest absolute Gasteiger partial charge is 0.453 e. The first kappa shape index (κ1) is 29.9. The first-order chi connectivity index (χ1) is 23.5. The lowest BCUT2D eigenvalue weighted by Crippen LogP contribution is -2.56. The van der Waals surface area contributed by atoms with E-state index in [1.54, 1.807) is 0 Å². The molecule has 1 unspecified atom stereocenters. The number of aromatic amines is 1. The molecule has 0 spiro atoms. The number of piperidine rings is 1. The Morgan fingerprint density at radius 3 is 2.29 bits per heavy atom. The summed E-state index contributed by atoms with van der Waals surface area (Å²) in [6.45, 7) is 1.20. The van der Waals surface area contributed by atoms with Crippen molar-refractivity contribution in [2.75, 3.05) is 20.3 Å². The predicted molar refractivity (Wildman–Crippen MR) is 183 cm³/mol. The molecule has 3 aliphatic carbocycles. The third kappa shape index (κ3) is 5.55. The van der Waals surface area contributed by atoms with Crippen molar-refractivity contribution in [1.29, 1.82) is 0 Å². The lowest BCUT2D eigenvalue weighted by molar-refractivity contribution is -0.136. The van der Waals surface area contributed by atoms with Crippen LogP contribution in [0.4, 0.5) is 4.79 Å². The second-order valence-corrected chi connectivity index (χ2v) is 14.8. The average molecular weight is 646 g/mol. The van der Waals surface area contributed by atoms with Crippen molar-refractivity contribution in [1.82, 2.24) is 20.2 Å². The molecule has 7 atom stereocenters. The van der Waals surface area contributed by atoms with E-state index < -0.39 is 12.1 Å². The van der Waals surface area contributed by atoms with Crippen LogP contribution in [0.2, 0.25) is 0 Å². The number of hydrogen-bond donors (Lipinski definition) is 2. The minimum atomic E-state index is -0.612. The molecule has 2 aromatic carbocycles. The van der Waals surface area contributed by atoms with E-state index in [9.17, 15) is 9.59 Å². The summed E-state index contributed by atoms with van der Waals surface area (Å²) in [5, 5.41) is 2.88. The van der Waals surface area contributed by atoms with Crippen LogP contribution in [0.3, 0.4) is 0 Å². The quantitative estimate of drug-likeness (QED) is 0.288. The van der Waals surface area contributed by atoms with Gasteiger partial charge in [0, 0.05) is 43.5 Å². The van der Waals surface area contributed by atoms with E-state index in [-0.39, 0.29) is 23.9 Å². The van der Waals surface area contributed by atoms with E-state index >= 15 is 0 Å². The summed E-state index contributed by atoms with van der Waals surface area (Å²) in [7, 11) is 1.34. The Morgan fingerprint density at radius 1 is 0.896 bits per heavy atom. The van der Waals surface area contributed by atoms with E-state index in [2.05, 4.69) is 58.8 Å². The summed E-state index contributed by atoms with van der Waals surface area (Å²) in [5.41, 5.74) is 7.97. The van der Waals surface area contributed by atoms with Gasteiger partial charge in [0.15, 0.2) is 0 Å². The van der Waals surface area contributed by atoms with Gasteiger partial charge < -0.3 is 24.7 Å². The van der Waals surface area contributed by atoms with Gasteiger partial charge in [-0.15, -0.1) is 0 Å². The van der Waals surface area contributed by atoms with Crippen molar-refractivity contribution >= 4 is 23.3 Å². The van der Waals surface area contributed by atoms with Gasteiger partial charge in [0.25, 0.3) is 0 Å². The molecule has 6 aliphatic rings. The summed E-state index contributed by atoms with van der Waals surface area (Å²) in [4.78, 5) is 41.7. The number of likely N-dealkylation sites (tertiary alicyclic amines) is 1. The zero-order valence-electron chi connectivity index (χ0n) is 27.4. The van der Waals surface area contributed by atoms with Crippen molar-refractivity contribution < 1.29 is 19.1 Å². The first-order valence-electron chi connectivity index (χ1n) is 17.8. The molecule has 2 N–H and O–H groups in total. The Bertz CT molecular complexity index is 1760. The normalized spacial score (nSPS) is 29.5. The fraction of sp³-hybridized carbons (Fsp3) is 0.487. The highest BCUT2D eigenvalue weighted by Gasteiger charge is 2.57. The first-order valence-corrected chi connectivity index (χ1v) is 17.8. The van der Waals surface area contributed by atoms with Gasteiger partial charge in [-0.1, -0.05) is 48.5 Å². The molecule has 3 saturated carbocycles. The summed E-state index contributed by atoms with van der Waals surface area (Å²) in [6, 6.07) is 17.0. The van der Waals surface area contributed by atoms with Crippen LogP contribution in [0, 0.1) is 23.7 Å². The molecule has 1 aromatic heterocycles. The number of carbonyl (C=O) groups is 2. The SMILES string of the molecule is COC(=O)N[C@H](C(=O)N1[C@@H]2C[C@@H]2C[C@H]1C1=NC=C(c2ccc(-c3ccc(-c4cnc(C5C[C@@H]6C[C@@H]6C5)[nH]4)cc3)cc2)C1)C1CCOCC1. The minimum Gasteiger partial charge on any atom is -0.453 e. The molecule has 3 aliphatic heterocycles. The number of H-pyrrole nitrogens is 1. The highest BCUT2D eigenvalue weighted by atomic mass is 16.5. The number of methoxy groups -OCH3 is 1. The maximum Gasteiger partial charge on any atom is 0.407 e. The zero-order valence-corrected chi connectivity index (χ0v) is 27.4. The number of aliphatic imine (C=N–C) groups is 1. The molecule has 0 radical (unpaired) electrons. The number of alkyl carbamates (subject to hydrolysis) is 1. The van der Waals surface area contributed by atoms with E-state index in [0.717, 1.165) is 72.3 Å². The number of hydrogen-bond acceptors (Lipinski definition) is 6. The fourth-order valence-corrected chi connectivity index (χ4v) is 9.02. The maximum atomic E-state index is 14.1. The molecular formula is C39H43N5O4. The second-order valence-electron chi connectivity index (χ2n) is 14.8. The molecule has 9 heteroatoms. The van der Waals surface area contributed by atoms with Crippen molar-refractivity contribution in [3.63, 3.8) is 0 Å². The molecule has 48 heavy (non-hydrogen) atoms. The number of benzene rings is 2. The summed E-state index contributed by atoms with van der Waals surface area (Å²) >= 11 is 0. The summed E-state index contributed by atoms with van der Waals surface area (Å²) in [6.07, 6.45) is 11.6. The van der Waals surface area contributed by atoms with E-state index in [0.29, 0.717) is 25.0 Å². The predicted octanol–water partition coefficient (Wildman–Crippen LogP) is 6.58. The molecule has 9 nitrogen and oxygen atoms in total. The summed E-state index contributed by atoms with van der Waals surface area (Å²) in [5.74, 6) is 4.20. The smallest absolute Gasteiger partial charge is 0.407 e. The number of rotatable bonds is 8. The van der Waals surface area contributed by atoms with Crippen molar-refractivity contribution in [3.8, 4) is 22.4 Å². The van der Waals surface area contributed by atoms with Gasteiger partial charge in [-0.3, -0.25) is 9.79 Å². The van der Waals surface area contributed by atoms with Gasteiger partial charge in [0.2, 0.25) is 5.91 Å². The van der Waals surface area contributed by atoms with Crippen LogP contribution in [-0.4, -0.2) is 71.0 Å². The monoisotopic (exact) mass is 645 g/mol. The van der Waals surface area contributed by atoms with Crippen molar-refractivity contribution in [2.24, 2.45) is 28.7 Å². The third-order valence-corrected chi connectivity index (χ3v) is 12.0. The molecule has 5 fully saturated rings. The topological polar surface area (TPSA) is 109 Å². The highest BCUT2D eigenvalue weighted by molar-refractivity contribution is 6.04. The molecule has 4 heterocycles. The van der Waals surface area contributed by atoms with Crippen LogP contribution in [0.5, 0.6) is 0 Å². The number of nitrogens with zero attached hydrogens (tertiary/aromatic N) is 3. The molecular weight excluding hydrogens is 602 g/mol. The molecule has 2 saturated heterocycles. The molecule has 248 valence electrons. The van der Waals surface area contributed by atoms with Crippen LogP contribution in [0.1, 0.15) is 68.7 Å². The highest BCUT2D eigenvalue weighted by Crippen LogP contribution is 2.57. The zero-order chi connectivity index (χ0) is 32.4. The van der Waals surface area contributed by atoms with E-state index in [4.69, 9.17) is 19.5 Å². The molecule has 9 rings (SSSR count). The number of carbonyl (C=O) groups excluding carboxylic acids is 2. The Kier molecular flexibility index (Phi) is 7.48. The lowest BCUT2D eigenvalue weighted by Gasteiger charge is -2.36. The Hall–Kier alpha value is -4.24. The van der Waals surface area contributed by atoms with Crippen LogP contribution < -0.4 is 5.32 Å². The fourth-order valence-electron chi connectivity index (χ4n) is 9.02. The number of nitrogens with one attached hydrogen (secondary N) is 2. The van der Waals surface area contributed by atoms with E-state index in [1.165, 1.54) is 43.1 Å². The number of amides is 2. The Morgan fingerprint density at radius 2 is 1.58 bits per heavy atom. The van der Waals surface area contributed by atoms with Crippen LogP contribution in [-0.2, 0) is 14.3 Å². The minimum absolute atomic E-state index is 0.00749. The third-order valence-electron chi connectivity index (χ3n) is 12.0. The van der Waals surface area contributed by atoms with Gasteiger partial charge in [0.1, 0.15) is 11.9 Å². The average Bonchev–Trinajstić information content (AvgIpc) is 3.69. The molecule has 2 amide bonds. The molecule has 0 bridgehead atoms. The standard InChI is InChI=1S/C39H43N5O4/c1-47-39(46)43-36(26-10-12-48-13-11-26)38(45)44-34-18-29(34)19-35(44)32-17-31(20-40-32)24-4-2-22(3-5-24)23-6-8-25(9-7-23)33-21-41-37(42-33)30-15-27-14-28(27)16-30/h2-9,20-21,26-30,34-36H,10-19H2,1H3,(H,41,42)(H,43,46)/t27-,28+,29-,30?,34-,35+,36+/m1/s1. The van der Waals surface area contributed by atoms with Gasteiger partial charge in [0.05, 0.1) is 25.0 Å². The number of allylic oxidation sites excluding steroid dienone is 1. The number of fused-ring (bicyclic) bond motifs is 2. The van der Waals surface area contributed by atoms with Crippen molar-refractivity contribution in [3.05, 3.63) is 72.3 Å². The van der Waals surface area contributed by atoms with E-state index in [1.807, 2.05) is 17.3 Å². The van der Waals surface area contributed by atoms with Gasteiger partial charge in [-0.05, 0) is 96.4 Å². The second kappa shape index (κ2) is 12.0. The number of imidazole rings is 1. The maximum absolute atomic E-state index is 14.1. The van der Waals surface area contributed by atoms with Gasteiger partial charge in [-0.25, -0.2) is 9.78 Å². The van der Waals surface area contributed by atoms with Gasteiger partial charge >= 0.3 is 6.09 Å². The van der Waals surface area contributed by atoms with Crippen LogP contribution in [0.25, 0.3) is 28.0 Å². The number of ether oxygens (including phenoxy) is 2.